The molecule has 4 nitrogen and oxygen atoms in total. The van der Waals surface area contributed by atoms with Crippen molar-refractivity contribution in [3.63, 3.8) is 0 Å². The first-order chi connectivity index (χ1) is 11.7. The van der Waals surface area contributed by atoms with Crippen LogP contribution in [-0.2, 0) is 0 Å². The van der Waals surface area contributed by atoms with Gasteiger partial charge in [0.1, 0.15) is 5.69 Å². The van der Waals surface area contributed by atoms with Gasteiger partial charge in [-0.3, -0.25) is 0 Å². The first-order valence-corrected chi connectivity index (χ1v) is 7.90. The van der Waals surface area contributed by atoms with E-state index in [-0.39, 0.29) is 6.10 Å². The Labute approximate surface area is 141 Å². The lowest BCUT2D eigenvalue weighted by molar-refractivity contribution is 0.222. The van der Waals surface area contributed by atoms with Crippen LogP contribution in [0.25, 0.3) is 0 Å². The monoisotopic (exact) mass is 317 g/mol. The number of aliphatic imine (C=N–C) groups is 1. The van der Waals surface area contributed by atoms with Gasteiger partial charge in [-0.1, -0.05) is 60.7 Å². The SMILES string of the molecule is CC(C)Oc1ncc(N=C(c2ccccc2)c2ccccc2)cn1. The quantitative estimate of drug-likeness (QED) is 0.654. The number of benzene rings is 2. The lowest BCUT2D eigenvalue weighted by Crippen LogP contribution is -2.08. The Hall–Kier alpha value is -3.01. The van der Waals surface area contributed by atoms with E-state index in [9.17, 15) is 0 Å². The third-order valence-electron chi connectivity index (χ3n) is 3.29. The minimum absolute atomic E-state index is 0.0450. The Morgan fingerprint density at radius 1 is 0.833 bits per heavy atom. The van der Waals surface area contributed by atoms with Crippen LogP contribution < -0.4 is 4.74 Å². The molecular weight excluding hydrogens is 298 g/mol. The van der Waals surface area contributed by atoms with Crippen molar-refractivity contribution in [1.82, 2.24) is 9.97 Å². The van der Waals surface area contributed by atoms with Crippen LogP contribution in [0.4, 0.5) is 5.69 Å². The van der Waals surface area contributed by atoms with E-state index in [1.54, 1.807) is 12.4 Å². The predicted molar refractivity (Wildman–Crippen MR) is 96.0 cm³/mol. The minimum atomic E-state index is 0.0450. The normalized spacial score (nSPS) is 10.5. The van der Waals surface area contributed by atoms with Crippen LogP contribution >= 0.6 is 0 Å². The van der Waals surface area contributed by atoms with Gasteiger partial charge >= 0.3 is 6.01 Å². The number of aromatic nitrogens is 2. The third-order valence-corrected chi connectivity index (χ3v) is 3.29. The van der Waals surface area contributed by atoms with Gasteiger partial charge in [0, 0.05) is 11.1 Å². The molecule has 0 radical (unpaired) electrons. The molecule has 0 aliphatic carbocycles. The van der Waals surface area contributed by atoms with Gasteiger partial charge in [0.15, 0.2) is 0 Å². The first kappa shape index (κ1) is 15.9. The predicted octanol–water partition coefficient (Wildman–Crippen LogP) is 4.43. The van der Waals surface area contributed by atoms with Crippen LogP contribution in [0.5, 0.6) is 6.01 Å². The summed E-state index contributed by atoms with van der Waals surface area (Å²) in [4.78, 5) is 13.2. The zero-order valence-electron chi connectivity index (χ0n) is 13.8. The van der Waals surface area contributed by atoms with E-state index in [2.05, 4.69) is 9.97 Å². The maximum atomic E-state index is 5.47. The maximum absolute atomic E-state index is 5.47. The van der Waals surface area contributed by atoms with Gasteiger partial charge in [0.05, 0.1) is 24.2 Å². The van der Waals surface area contributed by atoms with Crippen molar-refractivity contribution < 1.29 is 4.74 Å². The Morgan fingerprint density at radius 2 is 1.33 bits per heavy atom. The van der Waals surface area contributed by atoms with E-state index in [1.165, 1.54) is 0 Å². The van der Waals surface area contributed by atoms with E-state index in [0.717, 1.165) is 16.8 Å². The highest BCUT2D eigenvalue weighted by atomic mass is 16.5. The molecule has 0 N–H and O–H groups in total. The average Bonchev–Trinajstić information content (AvgIpc) is 2.62. The molecule has 0 unspecified atom stereocenters. The highest BCUT2D eigenvalue weighted by Crippen LogP contribution is 2.18. The maximum Gasteiger partial charge on any atom is 0.316 e. The second kappa shape index (κ2) is 7.51. The Kier molecular flexibility index (Phi) is 4.96. The summed E-state index contributed by atoms with van der Waals surface area (Å²) >= 11 is 0. The second-order valence-corrected chi connectivity index (χ2v) is 5.58. The molecule has 3 rings (SSSR count). The molecule has 3 aromatic rings. The fourth-order valence-corrected chi connectivity index (χ4v) is 2.26. The fourth-order valence-electron chi connectivity index (χ4n) is 2.26. The van der Waals surface area contributed by atoms with E-state index >= 15 is 0 Å². The summed E-state index contributed by atoms with van der Waals surface area (Å²) in [7, 11) is 0. The fraction of sp³-hybridized carbons (Fsp3) is 0.150. The van der Waals surface area contributed by atoms with Crippen molar-refractivity contribution in [2.75, 3.05) is 0 Å². The third kappa shape index (κ3) is 4.04. The lowest BCUT2D eigenvalue weighted by Gasteiger charge is -2.09. The Bertz CT molecular complexity index is 756. The van der Waals surface area contributed by atoms with Crippen molar-refractivity contribution in [3.8, 4) is 6.01 Å². The molecule has 24 heavy (non-hydrogen) atoms. The summed E-state index contributed by atoms with van der Waals surface area (Å²) in [6.07, 6.45) is 3.40. The topological polar surface area (TPSA) is 47.4 Å². The largest absolute Gasteiger partial charge is 0.461 e. The first-order valence-electron chi connectivity index (χ1n) is 7.90. The molecule has 0 atom stereocenters. The van der Waals surface area contributed by atoms with Gasteiger partial charge in [0.2, 0.25) is 0 Å². The van der Waals surface area contributed by atoms with Crippen LogP contribution in [0, 0.1) is 0 Å². The molecular formula is C20H19N3O. The molecule has 0 saturated carbocycles. The Balaban J connectivity index is 1.98. The van der Waals surface area contributed by atoms with Crippen LogP contribution in [-0.4, -0.2) is 21.8 Å². The molecule has 2 aromatic carbocycles. The summed E-state index contributed by atoms with van der Waals surface area (Å²) < 4.78 is 5.47. The van der Waals surface area contributed by atoms with Crippen LogP contribution in [0.15, 0.2) is 78.0 Å². The molecule has 0 amide bonds. The molecule has 4 heteroatoms. The van der Waals surface area contributed by atoms with Crippen molar-refractivity contribution in [2.45, 2.75) is 20.0 Å². The van der Waals surface area contributed by atoms with Gasteiger partial charge in [0.25, 0.3) is 0 Å². The van der Waals surface area contributed by atoms with E-state index in [0.29, 0.717) is 11.7 Å². The highest BCUT2D eigenvalue weighted by Gasteiger charge is 2.07. The molecule has 1 aromatic heterocycles. The summed E-state index contributed by atoms with van der Waals surface area (Å²) in [6, 6.07) is 20.5. The lowest BCUT2D eigenvalue weighted by atomic mass is 10.0. The highest BCUT2D eigenvalue weighted by molar-refractivity contribution is 6.13. The summed E-state index contributed by atoms with van der Waals surface area (Å²) in [5, 5.41) is 0. The number of rotatable bonds is 5. The minimum Gasteiger partial charge on any atom is -0.461 e. The van der Waals surface area contributed by atoms with Crippen LogP contribution in [0.2, 0.25) is 0 Å². The zero-order chi connectivity index (χ0) is 16.8. The molecule has 0 spiro atoms. The van der Waals surface area contributed by atoms with Crippen molar-refractivity contribution in [3.05, 3.63) is 84.2 Å². The summed E-state index contributed by atoms with van der Waals surface area (Å²) in [5.74, 6) is 0. The summed E-state index contributed by atoms with van der Waals surface area (Å²) in [6.45, 7) is 3.89. The molecule has 1 heterocycles. The second-order valence-electron chi connectivity index (χ2n) is 5.58. The number of hydrogen-bond donors (Lipinski definition) is 0. The molecule has 0 fully saturated rings. The molecule has 0 aliphatic rings. The molecule has 0 aliphatic heterocycles. The van der Waals surface area contributed by atoms with Crippen molar-refractivity contribution >= 4 is 11.4 Å². The Morgan fingerprint density at radius 3 is 1.79 bits per heavy atom. The van der Waals surface area contributed by atoms with Gasteiger partial charge in [-0.25, -0.2) is 15.0 Å². The molecule has 0 bridgehead atoms. The van der Waals surface area contributed by atoms with Gasteiger partial charge in [-0.05, 0) is 13.8 Å². The number of ether oxygens (including phenoxy) is 1. The number of nitrogens with zero attached hydrogens (tertiary/aromatic N) is 3. The van der Waals surface area contributed by atoms with E-state index in [4.69, 9.17) is 9.73 Å². The molecule has 120 valence electrons. The zero-order valence-corrected chi connectivity index (χ0v) is 13.8. The smallest absolute Gasteiger partial charge is 0.316 e. The molecule has 0 saturated heterocycles. The van der Waals surface area contributed by atoms with Gasteiger partial charge in [-0.2, -0.15) is 0 Å². The number of hydrogen-bond acceptors (Lipinski definition) is 4. The average molecular weight is 317 g/mol. The van der Waals surface area contributed by atoms with Crippen molar-refractivity contribution in [2.24, 2.45) is 4.99 Å². The van der Waals surface area contributed by atoms with Gasteiger partial charge < -0.3 is 4.74 Å². The van der Waals surface area contributed by atoms with E-state index < -0.39 is 0 Å². The van der Waals surface area contributed by atoms with Gasteiger partial charge in [-0.15, -0.1) is 0 Å². The van der Waals surface area contributed by atoms with Crippen LogP contribution in [0.1, 0.15) is 25.0 Å². The van der Waals surface area contributed by atoms with Crippen molar-refractivity contribution in [1.29, 1.82) is 0 Å². The van der Waals surface area contributed by atoms with E-state index in [1.807, 2.05) is 74.5 Å². The van der Waals surface area contributed by atoms with Crippen LogP contribution in [0.3, 0.4) is 0 Å². The summed E-state index contributed by atoms with van der Waals surface area (Å²) in [5.41, 5.74) is 3.67. The standard InChI is InChI=1S/C20H19N3O/c1-15(2)24-20-21-13-18(14-22-20)23-19(16-9-5-3-6-10-16)17-11-7-4-8-12-17/h3-15H,1-2H3.